The minimum atomic E-state index is -1.26. The van der Waals surface area contributed by atoms with E-state index in [1.165, 1.54) is 25.0 Å². The fraction of sp³-hybridized carbons (Fsp3) is 0.895. The Hall–Kier alpha value is 1.26. The Bertz CT molecular complexity index is 448. The van der Waals surface area contributed by atoms with Crippen molar-refractivity contribution >= 4 is 59.1 Å². The second-order valence-electron chi connectivity index (χ2n) is 11.5. The van der Waals surface area contributed by atoms with E-state index in [-0.39, 0.29) is 6.37 Å². The van der Waals surface area contributed by atoms with Gasteiger partial charge in [-0.05, 0) is 6.42 Å². The van der Waals surface area contributed by atoms with Gasteiger partial charge in [-0.1, -0.05) is 114 Å². The Labute approximate surface area is 169 Å². The Morgan fingerprint density at radius 3 is 1.16 bits per heavy atom. The minimum Gasteiger partial charge on any atom is -0.108 e. The summed E-state index contributed by atoms with van der Waals surface area (Å²) in [6, 6.07) is 0. The van der Waals surface area contributed by atoms with Gasteiger partial charge in [-0.25, -0.2) is 0 Å². The molecule has 0 aliphatic carbocycles. The summed E-state index contributed by atoms with van der Waals surface area (Å²) in [6.07, 6.45) is 4.10. The van der Waals surface area contributed by atoms with Crippen LogP contribution in [0.1, 0.15) is 26.2 Å². The van der Waals surface area contributed by atoms with Crippen LogP contribution in [0.4, 0.5) is 0 Å². The summed E-state index contributed by atoms with van der Waals surface area (Å²) < 4.78 is 4.24. The van der Waals surface area contributed by atoms with Gasteiger partial charge in [-0.15, -0.1) is 11.4 Å². The van der Waals surface area contributed by atoms with Gasteiger partial charge >= 0.3 is 0 Å². The fourth-order valence-electron chi connectivity index (χ4n) is 4.22. The van der Waals surface area contributed by atoms with Crippen molar-refractivity contribution < 1.29 is 0 Å². The molecule has 0 nitrogen and oxygen atoms in total. The van der Waals surface area contributed by atoms with Crippen LogP contribution in [0.2, 0.25) is 78.6 Å². The third kappa shape index (κ3) is 8.86. The molecule has 0 aromatic heterocycles. The van der Waals surface area contributed by atoms with Gasteiger partial charge in [0.25, 0.3) is 0 Å². The molecule has 150 valence electrons. The summed E-state index contributed by atoms with van der Waals surface area (Å²) in [7, 11) is -5.06. The molecule has 0 aliphatic rings. The zero-order valence-electron chi connectivity index (χ0n) is 19.7. The molecule has 0 radical (unpaired) electrons. The van der Waals surface area contributed by atoms with E-state index < -0.39 is 32.3 Å². The smallest absolute Gasteiger partial charge is 0.0736 e. The van der Waals surface area contributed by atoms with Crippen molar-refractivity contribution in [3.05, 3.63) is 0 Å². The van der Waals surface area contributed by atoms with Crippen LogP contribution in [0.3, 0.4) is 0 Å². The monoisotopic (exact) mass is 450 g/mol. The highest BCUT2D eigenvalue weighted by molar-refractivity contribution is 8.56. The Kier molecular flexibility index (Phi) is 10.1. The van der Waals surface area contributed by atoms with Gasteiger partial charge in [-0.3, -0.25) is 0 Å². The molecule has 0 heterocycles. The number of hydrogen-bond donors (Lipinski definition) is 0. The summed E-state index contributed by atoms with van der Waals surface area (Å²) in [5.74, 6) is 1.39. The molecule has 0 bridgehead atoms. The Morgan fingerprint density at radius 1 is 0.600 bits per heavy atom. The van der Waals surface area contributed by atoms with Gasteiger partial charge in [0, 0.05) is 5.75 Å². The first-order valence-electron chi connectivity index (χ1n) is 10.1. The predicted octanol–water partition coefficient (Wildman–Crippen LogP) is 8.16. The van der Waals surface area contributed by atoms with Crippen LogP contribution in [0, 0.1) is 0 Å². The fourth-order valence-corrected chi connectivity index (χ4v) is 49.5. The molecule has 0 aromatic carbocycles. The second-order valence-corrected chi connectivity index (χ2v) is 38.2. The summed E-state index contributed by atoms with van der Waals surface area (Å²) in [4.78, 5) is 0. The standard InChI is InChI=1S/C19H47PSSi4/c1-14-15-16-17-21-20(18(22(2,3)4)23(5,6)7)19(24(8,9)10)25(11,12)13/h14-17H2,1-13H3. The SMILES string of the molecule is CCCCCSP(=C([Si](C)(C)C)[Si](C)(C)C)=C([Si](C)(C)C)[Si](C)(C)C. The van der Waals surface area contributed by atoms with Crippen LogP contribution >= 0.6 is 17.8 Å². The Morgan fingerprint density at radius 2 is 0.920 bits per heavy atom. The molecule has 0 rings (SSSR count). The molecule has 0 atom stereocenters. The topological polar surface area (TPSA) is 0 Å². The van der Waals surface area contributed by atoms with Gasteiger partial charge in [0.2, 0.25) is 0 Å². The minimum absolute atomic E-state index is 0.0595. The van der Waals surface area contributed by atoms with Gasteiger partial charge in [-0.2, -0.15) is 0 Å². The lowest BCUT2D eigenvalue weighted by atomic mass is 10.3. The lowest BCUT2D eigenvalue weighted by Crippen LogP contribution is -2.52. The van der Waals surface area contributed by atoms with Crippen molar-refractivity contribution in [1.29, 1.82) is 0 Å². The van der Waals surface area contributed by atoms with E-state index in [0.29, 0.717) is 0 Å². The van der Waals surface area contributed by atoms with E-state index >= 15 is 0 Å². The molecule has 0 aliphatic heterocycles. The highest BCUT2D eigenvalue weighted by Crippen LogP contribution is 2.43. The van der Waals surface area contributed by atoms with Crippen LogP contribution in [0.25, 0.3) is 0 Å². The molecule has 0 N–H and O–H groups in total. The normalized spacial score (nSPS) is 13.8. The molecule has 0 saturated carbocycles. The van der Waals surface area contributed by atoms with Gasteiger partial charge in [0.1, 0.15) is 0 Å². The molecular formula is C19H47PSSi4. The summed E-state index contributed by atoms with van der Waals surface area (Å²) in [6.45, 7) is 33.9. The first-order valence-corrected chi connectivity index (χ1v) is 27.1. The van der Waals surface area contributed by atoms with Crippen molar-refractivity contribution in [2.45, 2.75) is 105 Å². The zero-order valence-corrected chi connectivity index (χ0v) is 25.4. The molecule has 0 amide bonds. The van der Waals surface area contributed by atoms with E-state index in [9.17, 15) is 0 Å². The molecule has 25 heavy (non-hydrogen) atoms. The van der Waals surface area contributed by atoms with E-state index in [4.69, 9.17) is 0 Å². The summed E-state index contributed by atoms with van der Waals surface area (Å²) in [5, 5.41) is 0. The van der Waals surface area contributed by atoms with Crippen LogP contribution in [-0.4, -0.2) is 47.1 Å². The predicted molar refractivity (Wildman–Crippen MR) is 142 cm³/mol. The van der Waals surface area contributed by atoms with E-state index in [0.717, 1.165) is 0 Å². The summed E-state index contributed by atoms with van der Waals surface area (Å²) >= 11 is 2.41. The van der Waals surface area contributed by atoms with Crippen LogP contribution in [-0.2, 0) is 0 Å². The van der Waals surface area contributed by atoms with Gasteiger partial charge in [0.05, 0.1) is 32.3 Å². The molecule has 0 unspecified atom stereocenters. The van der Waals surface area contributed by atoms with Crippen molar-refractivity contribution in [3.8, 4) is 0 Å². The first-order chi connectivity index (χ1) is 10.9. The second kappa shape index (κ2) is 9.64. The molecule has 0 aromatic rings. The number of hydrogen-bond acceptors (Lipinski definition) is 1. The molecule has 6 heteroatoms. The van der Waals surface area contributed by atoms with E-state index in [1.807, 2.05) is 0 Å². The molecule has 0 fully saturated rings. The lowest BCUT2D eigenvalue weighted by Gasteiger charge is -2.38. The third-order valence-corrected chi connectivity index (χ3v) is 35.5. The molecular weight excluding hydrogens is 404 g/mol. The van der Waals surface area contributed by atoms with Crippen molar-refractivity contribution in [2.75, 3.05) is 5.75 Å². The van der Waals surface area contributed by atoms with Gasteiger partial charge in [0.15, 0.2) is 0 Å². The molecule has 0 saturated heterocycles. The van der Waals surface area contributed by atoms with Crippen LogP contribution < -0.4 is 0 Å². The van der Waals surface area contributed by atoms with Crippen LogP contribution in [0.5, 0.6) is 0 Å². The quantitative estimate of drug-likeness (QED) is 0.194. The highest BCUT2D eigenvalue weighted by Gasteiger charge is 2.37. The van der Waals surface area contributed by atoms with Crippen molar-refractivity contribution in [2.24, 2.45) is 0 Å². The van der Waals surface area contributed by atoms with Crippen molar-refractivity contribution in [1.82, 2.24) is 0 Å². The average Bonchev–Trinajstić information content (AvgIpc) is 2.26. The maximum Gasteiger partial charge on any atom is 0.0736 e. The number of unbranched alkanes of at least 4 members (excludes halogenated alkanes) is 2. The zero-order chi connectivity index (χ0) is 20.3. The van der Waals surface area contributed by atoms with Gasteiger partial charge < -0.3 is 0 Å². The van der Waals surface area contributed by atoms with Crippen molar-refractivity contribution in [3.63, 3.8) is 0 Å². The first kappa shape index (κ1) is 26.3. The maximum atomic E-state index is 2.63. The largest absolute Gasteiger partial charge is 0.108 e. The van der Waals surface area contributed by atoms with Crippen LogP contribution in [0.15, 0.2) is 0 Å². The highest BCUT2D eigenvalue weighted by atomic mass is 32.7. The maximum absolute atomic E-state index is 2.63. The lowest BCUT2D eigenvalue weighted by molar-refractivity contribution is 0.779. The molecule has 0 spiro atoms. The summed E-state index contributed by atoms with van der Waals surface area (Å²) in [5.41, 5.74) is 0. The average molecular weight is 451 g/mol. The van der Waals surface area contributed by atoms with E-state index in [2.05, 4.69) is 106 Å². The number of rotatable bonds is 9. The Balaban J connectivity index is 6.90. The van der Waals surface area contributed by atoms with E-state index in [1.54, 1.807) is 0 Å². The third-order valence-electron chi connectivity index (χ3n) is 4.22.